The molecule has 0 aliphatic heterocycles. The summed E-state index contributed by atoms with van der Waals surface area (Å²) in [7, 11) is 0. The Hall–Kier alpha value is -2.10. The number of rotatable bonds is 14. The highest BCUT2D eigenvalue weighted by Gasteiger charge is 2.11. The van der Waals surface area contributed by atoms with Crippen LogP contribution in [0, 0.1) is 5.92 Å². The van der Waals surface area contributed by atoms with E-state index < -0.39 is 5.97 Å². The van der Waals surface area contributed by atoms with Crippen LogP contribution < -0.4 is 0 Å². The van der Waals surface area contributed by atoms with Crippen molar-refractivity contribution in [2.75, 3.05) is 0 Å². The molecule has 0 fully saturated rings. The van der Waals surface area contributed by atoms with Gasteiger partial charge in [-0.15, -0.1) is 0 Å². The van der Waals surface area contributed by atoms with Gasteiger partial charge in [0, 0.05) is 6.08 Å². The summed E-state index contributed by atoms with van der Waals surface area (Å²) in [6, 6.07) is 0. The molecule has 4 heteroatoms. The molecule has 0 heterocycles. The average Bonchev–Trinajstić information content (AvgIpc) is 2.67. The molecule has 28 heavy (non-hydrogen) atoms. The van der Waals surface area contributed by atoms with E-state index in [4.69, 9.17) is 9.84 Å². The van der Waals surface area contributed by atoms with Crippen molar-refractivity contribution < 1.29 is 19.4 Å². The molecule has 0 rings (SSSR count). The molecule has 1 N–H and O–H groups in total. The van der Waals surface area contributed by atoms with Crippen molar-refractivity contribution in [1.29, 1.82) is 0 Å². The van der Waals surface area contributed by atoms with E-state index in [0.29, 0.717) is 6.42 Å². The normalized spacial score (nSPS) is 12.6. The summed E-state index contributed by atoms with van der Waals surface area (Å²) in [4.78, 5) is 21.8. The molecule has 0 saturated heterocycles. The van der Waals surface area contributed by atoms with Gasteiger partial charge in [-0.1, -0.05) is 70.9 Å². The van der Waals surface area contributed by atoms with Crippen molar-refractivity contribution in [3.05, 3.63) is 48.8 Å². The third kappa shape index (κ3) is 21.9. The van der Waals surface area contributed by atoms with Gasteiger partial charge >= 0.3 is 11.9 Å². The van der Waals surface area contributed by atoms with Gasteiger partial charge in [-0.3, -0.25) is 4.79 Å². The van der Waals surface area contributed by atoms with Crippen molar-refractivity contribution >= 4 is 11.9 Å². The number of ether oxygens (including phenoxy) is 1. The molecule has 0 amide bonds. The second-order valence-corrected chi connectivity index (χ2v) is 6.38. The third-order valence-electron chi connectivity index (χ3n) is 3.68. The lowest BCUT2D eigenvalue weighted by atomic mass is 10.0. The molecule has 1 atom stereocenters. The molecule has 4 nitrogen and oxygen atoms in total. The highest BCUT2D eigenvalue weighted by atomic mass is 16.5. The van der Waals surface area contributed by atoms with Gasteiger partial charge in [-0.05, 0) is 51.0 Å². The van der Waals surface area contributed by atoms with Gasteiger partial charge in [0.05, 0.1) is 12.2 Å². The molecular weight excluding hydrogens is 352 g/mol. The number of carboxylic acids is 1. The van der Waals surface area contributed by atoms with Crippen LogP contribution in [0.5, 0.6) is 0 Å². The van der Waals surface area contributed by atoms with Crippen molar-refractivity contribution in [2.45, 2.75) is 85.5 Å². The number of unbranched alkanes of at least 4 members (excludes halogenated alkanes) is 3. The van der Waals surface area contributed by atoms with Crippen molar-refractivity contribution in [3.63, 3.8) is 0 Å². The molecule has 0 radical (unpaired) electrons. The lowest BCUT2D eigenvalue weighted by Crippen LogP contribution is -2.10. The smallest absolute Gasteiger partial charge is 0.335 e. The number of esters is 1. The SMILES string of the molecule is CC/C=C\CCC(/C=C\CC)C(=O)O.CCC/C=C\C(=O)OC=CCCCC. The maximum atomic E-state index is 11.0. The predicted molar refractivity (Wildman–Crippen MR) is 118 cm³/mol. The Morgan fingerprint density at radius 1 is 0.857 bits per heavy atom. The van der Waals surface area contributed by atoms with Crippen LogP contribution in [0.15, 0.2) is 48.8 Å². The van der Waals surface area contributed by atoms with E-state index in [1.165, 1.54) is 12.3 Å². The lowest BCUT2D eigenvalue weighted by Gasteiger charge is -2.04. The van der Waals surface area contributed by atoms with Crippen molar-refractivity contribution in [2.24, 2.45) is 5.92 Å². The molecule has 0 aromatic rings. The summed E-state index contributed by atoms with van der Waals surface area (Å²) in [5.41, 5.74) is 0. The molecule has 0 aliphatic rings. The minimum atomic E-state index is -0.723. The maximum absolute atomic E-state index is 11.0. The van der Waals surface area contributed by atoms with E-state index in [2.05, 4.69) is 32.9 Å². The molecule has 0 aromatic heterocycles. The third-order valence-corrected chi connectivity index (χ3v) is 3.68. The van der Waals surface area contributed by atoms with Crippen LogP contribution in [-0.4, -0.2) is 17.0 Å². The Kier molecular flexibility index (Phi) is 23.0. The number of allylic oxidation sites excluding steroid dienone is 5. The molecular formula is C24H40O4. The van der Waals surface area contributed by atoms with E-state index in [1.54, 1.807) is 6.08 Å². The van der Waals surface area contributed by atoms with Crippen LogP contribution in [0.4, 0.5) is 0 Å². The monoisotopic (exact) mass is 392 g/mol. The van der Waals surface area contributed by atoms with Gasteiger partial charge in [0.25, 0.3) is 0 Å². The first kappa shape index (κ1) is 28.1. The largest absolute Gasteiger partial charge is 0.481 e. The fraction of sp³-hybridized carbons (Fsp3) is 0.583. The lowest BCUT2D eigenvalue weighted by molar-refractivity contribution is -0.140. The number of aliphatic carboxylic acids is 1. The van der Waals surface area contributed by atoms with Crippen LogP contribution in [0.2, 0.25) is 0 Å². The van der Waals surface area contributed by atoms with E-state index in [0.717, 1.165) is 51.4 Å². The van der Waals surface area contributed by atoms with Crippen LogP contribution in [-0.2, 0) is 14.3 Å². The van der Waals surface area contributed by atoms with E-state index >= 15 is 0 Å². The van der Waals surface area contributed by atoms with Gasteiger partial charge in [-0.2, -0.15) is 0 Å². The topological polar surface area (TPSA) is 63.6 Å². The molecule has 1 unspecified atom stereocenters. The van der Waals surface area contributed by atoms with Gasteiger partial charge in [0.1, 0.15) is 0 Å². The number of hydrogen-bond acceptors (Lipinski definition) is 3. The fourth-order valence-corrected chi connectivity index (χ4v) is 2.05. The van der Waals surface area contributed by atoms with Crippen molar-refractivity contribution in [1.82, 2.24) is 0 Å². The number of carbonyl (C=O) groups excluding carboxylic acids is 1. The Morgan fingerprint density at radius 2 is 1.57 bits per heavy atom. The average molecular weight is 393 g/mol. The summed E-state index contributed by atoms with van der Waals surface area (Å²) in [6.45, 7) is 8.28. The first-order chi connectivity index (χ1) is 13.5. The summed E-state index contributed by atoms with van der Waals surface area (Å²) in [5, 5.41) is 8.88. The second-order valence-electron chi connectivity index (χ2n) is 6.38. The summed E-state index contributed by atoms with van der Waals surface area (Å²) >= 11 is 0. The molecule has 0 aromatic carbocycles. The quantitative estimate of drug-likeness (QED) is 0.114. The Labute approximate surface area is 172 Å². The van der Waals surface area contributed by atoms with E-state index in [9.17, 15) is 9.59 Å². The first-order valence-corrected chi connectivity index (χ1v) is 10.6. The summed E-state index contributed by atoms with van der Waals surface area (Å²) < 4.78 is 4.83. The van der Waals surface area contributed by atoms with Crippen LogP contribution in [0.3, 0.4) is 0 Å². The minimum Gasteiger partial charge on any atom is -0.481 e. The Morgan fingerprint density at radius 3 is 2.14 bits per heavy atom. The standard InChI is InChI=1S/2C12H20O2/c1-3-5-7-8-10-11(12(13)14)9-6-4-2;1-3-5-7-9-11-14-12(13)10-8-6-4-2/h5-7,9,11H,3-4,8,10H2,1-2H3,(H,13,14);8-11H,3-7H2,1-2H3/b7-5-,9-6-;10-8-,11-9?. The molecule has 0 saturated carbocycles. The summed E-state index contributed by atoms with van der Waals surface area (Å²) in [5.74, 6) is -1.33. The second kappa shape index (κ2) is 22.9. The van der Waals surface area contributed by atoms with Crippen LogP contribution >= 0.6 is 0 Å². The minimum absolute atomic E-state index is 0.286. The zero-order valence-corrected chi connectivity index (χ0v) is 18.2. The Bertz CT molecular complexity index is 487. The highest BCUT2D eigenvalue weighted by Crippen LogP contribution is 2.10. The van der Waals surface area contributed by atoms with Gasteiger partial charge in [-0.25, -0.2) is 4.79 Å². The molecule has 0 spiro atoms. The van der Waals surface area contributed by atoms with Gasteiger partial charge in [0.2, 0.25) is 0 Å². The Balaban J connectivity index is 0. The predicted octanol–water partition coefficient (Wildman–Crippen LogP) is 6.99. The zero-order valence-electron chi connectivity index (χ0n) is 18.2. The molecule has 160 valence electrons. The van der Waals surface area contributed by atoms with Crippen molar-refractivity contribution in [3.8, 4) is 0 Å². The number of carbonyl (C=O) groups is 2. The first-order valence-electron chi connectivity index (χ1n) is 10.6. The maximum Gasteiger partial charge on any atom is 0.335 e. The number of carboxylic acid groups (broad SMARTS) is 1. The number of hydrogen-bond donors (Lipinski definition) is 1. The van der Waals surface area contributed by atoms with Gasteiger partial charge in [0.15, 0.2) is 0 Å². The van der Waals surface area contributed by atoms with E-state index in [1.807, 2.05) is 25.2 Å². The highest BCUT2D eigenvalue weighted by molar-refractivity contribution is 5.82. The van der Waals surface area contributed by atoms with Gasteiger partial charge < -0.3 is 9.84 Å². The molecule has 0 aliphatic carbocycles. The van der Waals surface area contributed by atoms with E-state index in [-0.39, 0.29) is 11.9 Å². The zero-order chi connectivity index (χ0) is 21.5. The fourth-order valence-electron chi connectivity index (χ4n) is 2.05. The van der Waals surface area contributed by atoms with Crippen LogP contribution in [0.25, 0.3) is 0 Å². The van der Waals surface area contributed by atoms with Crippen LogP contribution in [0.1, 0.15) is 85.5 Å². The summed E-state index contributed by atoms with van der Waals surface area (Å²) in [6.07, 6.45) is 23.2. The molecule has 0 bridgehead atoms.